The number of ether oxygens (including phenoxy) is 1. The van der Waals surface area contributed by atoms with E-state index < -0.39 is 0 Å². The first-order chi connectivity index (χ1) is 13.5. The Labute approximate surface area is 179 Å². The van der Waals surface area contributed by atoms with Crippen molar-refractivity contribution in [3.05, 3.63) is 34.9 Å². The zero-order valence-electron chi connectivity index (χ0n) is 17.4. The van der Waals surface area contributed by atoms with Crippen LogP contribution in [0.3, 0.4) is 0 Å². The van der Waals surface area contributed by atoms with E-state index in [1.807, 2.05) is 4.90 Å². The number of carbonyl (C=O) groups excluding carboxylic acids is 2. The highest BCUT2D eigenvalue weighted by atomic mass is 35.5. The SMILES string of the molecule is Cc1ccc(CN2CCN(C(=O)[C@H]3CC[C@H]4OCCN[C@@H]4C3)CC2=O)cc1C.Cl. The topological polar surface area (TPSA) is 61.9 Å². The molecule has 0 aromatic heterocycles. The average Bonchev–Trinajstić information content (AvgIpc) is 2.71. The summed E-state index contributed by atoms with van der Waals surface area (Å²) in [6, 6.07) is 6.62. The monoisotopic (exact) mass is 421 g/mol. The Hall–Kier alpha value is -1.63. The lowest BCUT2D eigenvalue weighted by molar-refractivity contribution is -0.149. The van der Waals surface area contributed by atoms with Crippen molar-refractivity contribution < 1.29 is 14.3 Å². The van der Waals surface area contributed by atoms with Crippen LogP contribution in [0.5, 0.6) is 0 Å². The first kappa shape index (κ1) is 22.1. The molecule has 2 aliphatic heterocycles. The summed E-state index contributed by atoms with van der Waals surface area (Å²) in [5.41, 5.74) is 3.66. The molecule has 1 aromatic carbocycles. The minimum Gasteiger partial charge on any atom is -0.375 e. The molecule has 6 nitrogen and oxygen atoms in total. The van der Waals surface area contributed by atoms with E-state index in [1.165, 1.54) is 11.1 Å². The number of nitrogens with one attached hydrogen (secondary N) is 1. The molecule has 0 unspecified atom stereocenters. The number of nitrogens with zero attached hydrogens (tertiary/aromatic N) is 2. The molecule has 0 bridgehead atoms. The smallest absolute Gasteiger partial charge is 0.242 e. The highest BCUT2D eigenvalue weighted by molar-refractivity contribution is 5.87. The number of amides is 2. The fourth-order valence-corrected chi connectivity index (χ4v) is 4.68. The van der Waals surface area contributed by atoms with Gasteiger partial charge >= 0.3 is 0 Å². The number of piperazine rings is 1. The lowest BCUT2D eigenvalue weighted by atomic mass is 9.82. The Morgan fingerprint density at radius 2 is 2.03 bits per heavy atom. The predicted molar refractivity (Wildman–Crippen MR) is 114 cm³/mol. The van der Waals surface area contributed by atoms with E-state index in [0.717, 1.165) is 38.0 Å². The number of aryl methyl sites for hydroxylation is 2. The molecule has 0 radical (unpaired) electrons. The molecule has 1 aliphatic carbocycles. The molecular formula is C22H32ClN3O3. The van der Waals surface area contributed by atoms with Gasteiger partial charge in [0.05, 0.1) is 19.3 Å². The molecule has 3 aliphatic rings. The maximum atomic E-state index is 13.0. The Bertz CT molecular complexity index is 757. The summed E-state index contributed by atoms with van der Waals surface area (Å²) in [6.07, 6.45) is 2.85. The van der Waals surface area contributed by atoms with Crippen LogP contribution in [0, 0.1) is 19.8 Å². The first-order valence-corrected chi connectivity index (χ1v) is 10.5. The van der Waals surface area contributed by atoms with Crippen LogP contribution >= 0.6 is 12.4 Å². The molecule has 1 aromatic rings. The molecule has 7 heteroatoms. The Morgan fingerprint density at radius 1 is 1.21 bits per heavy atom. The number of fused-ring (bicyclic) bond motifs is 1. The number of morpholine rings is 1. The molecule has 29 heavy (non-hydrogen) atoms. The minimum absolute atomic E-state index is 0. The highest BCUT2D eigenvalue weighted by Gasteiger charge is 2.38. The van der Waals surface area contributed by atoms with Gasteiger partial charge in [-0.3, -0.25) is 9.59 Å². The van der Waals surface area contributed by atoms with Gasteiger partial charge in [0.1, 0.15) is 0 Å². The van der Waals surface area contributed by atoms with Crippen molar-refractivity contribution in [1.82, 2.24) is 15.1 Å². The van der Waals surface area contributed by atoms with Crippen molar-refractivity contribution in [3.8, 4) is 0 Å². The number of halogens is 1. The summed E-state index contributed by atoms with van der Waals surface area (Å²) in [5, 5.41) is 3.49. The average molecular weight is 422 g/mol. The molecule has 2 amide bonds. The van der Waals surface area contributed by atoms with Crippen LogP contribution in [0.2, 0.25) is 0 Å². The number of rotatable bonds is 3. The largest absolute Gasteiger partial charge is 0.375 e. The lowest BCUT2D eigenvalue weighted by Crippen LogP contribution is -2.56. The summed E-state index contributed by atoms with van der Waals surface area (Å²) < 4.78 is 5.81. The number of hydrogen-bond acceptors (Lipinski definition) is 4. The second kappa shape index (κ2) is 9.45. The normalized spacial score (nSPS) is 27.2. The lowest BCUT2D eigenvalue weighted by Gasteiger charge is -2.41. The minimum atomic E-state index is 0. The molecule has 2 saturated heterocycles. The fraction of sp³-hybridized carbons (Fsp3) is 0.636. The maximum Gasteiger partial charge on any atom is 0.242 e. The summed E-state index contributed by atoms with van der Waals surface area (Å²) >= 11 is 0. The molecule has 1 N–H and O–H groups in total. The third-order valence-corrected chi connectivity index (χ3v) is 6.55. The van der Waals surface area contributed by atoms with E-state index in [9.17, 15) is 9.59 Å². The van der Waals surface area contributed by atoms with Gasteiger partial charge in [0, 0.05) is 38.1 Å². The maximum absolute atomic E-state index is 13.0. The van der Waals surface area contributed by atoms with Crippen LogP contribution in [0.15, 0.2) is 18.2 Å². The van der Waals surface area contributed by atoms with Gasteiger partial charge in [0.2, 0.25) is 11.8 Å². The van der Waals surface area contributed by atoms with Gasteiger partial charge in [-0.05, 0) is 49.8 Å². The second-order valence-electron chi connectivity index (χ2n) is 8.47. The van der Waals surface area contributed by atoms with E-state index in [0.29, 0.717) is 19.6 Å². The molecule has 2 heterocycles. The second-order valence-corrected chi connectivity index (χ2v) is 8.47. The van der Waals surface area contributed by atoms with Crippen molar-refractivity contribution in [2.45, 2.75) is 51.8 Å². The van der Waals surface area contributed by atoms with Crippen LogP contribution in [0.1, 0.15) is 36.0 Å². The van der Waals surface area contributed by atoms with E-state index in [1.54, 1.807) is 4.90 Å². The van der Waals surface area contributed by atoms with E-state index >= 15 is 0 Å². The molecule has 0 spiro atoms. The molecular weight excluding hydrogens is 390 g/mol. The molecule has 160 valence electrons. The third-order valence-electron chi connectivity index (χ3n) is 6.55. The molecule has 4 rings (SSSR count). The fourth-order valence-electron chi connectivity index (χ4n) is 4.68. The molecule has 3 atom stereocenters. The Morgan fingerprint density at radius 3 is 2.79 bits per heavy atom. The third kappa shape index (κ3) is 4.93. The van der Waals surface area contributed by atoms with Crippen LogP contribution < -0.4 is 5.32 Å². The van der Waals surface area contributed by atoms with Crippen LogP contribution in [0.4, 0.5) is 0 Å². The van der Waals surface area contributed by atoms with Gasteiger partial charge in [-0.15, -0.1) is 12.4 Å². The van der Waals surface area contributed by atoms with Crippen LogP contribution in [-0.2, 0) is 20.9 Å². The Kier molecular flexibility index (Phi) is 7.19. The Balaban J connectivity index is 0.00000240. The summed E-state index contributed by atoms with van der Waals surface area (Å²) in [4.78, 5) is 29.3. The van der Waals surface area contributed by atoms with Crippen molar-refractivity contribution in [1.29, 1.82) is 0 Å². The summed E-state index contributed by atoms with van der Waals surface area (Å²) in [6.45, 7) is 7.87. The number of benzene rings is 1. The van der Waals surface area contributed by atoms with E-state index in [2.05, 4.69) is 37.4 Å². The predicted octanol–water partition coefficient (Wildman–Crippen LogP) is 2.05. The quantitative estimate of drug-likeness (QED) is 0.811. The van der Waals surface area contributed by atoms with E-state index in [4.69, 9.17) is 4.74 Å². The van der Waals surface area contributed by atoms with Gasteiger partial charge in [0.15, 0.2) is 0 Å². The van der Waals surface area contributed by atoms with Gasteiger partial charge in [-0.2, -0.15) is 0 Å². The summed E-state index contributed by atoms with van der Waals surface area (Å²) in [7, 11) is 0. The van der Waals surface area contributed by atoms with Crippen molar-refractivity contribution in [2.75, 3.05) is 32.8 Å². The van der Waals surface area contributed by atoms with Gasteiger partial charge in [0.25, 0.3) is 0 Å². The molecule has 3 fully saturated rings. The zero-order chi connectivity index (χ0) is 19.7. The summed E-state index contributed by atoms with van der Waals surface area (Å²) in [5.74, 6) is 0.199. The number of hydrogen-bond donors (Lipinski definition) is 1. The van der Waals surface area contributed by atoms with Crippen LogP contribution in [-0.4, -0.2) is 66.5 Å². The van der Waals surface area contributed by atoms with Crippen molar-refractivity contribution >= 4 is 24.2 Å². The van der Waals surface area contributed by atoms with Crippen molar-refractivity contribution in [2.24, 2.45) is 5.92 Å². The van der Waals surface area contributed by atoms with Gasteiger partial charge in [-0.1, -0.05) is 18.2 Å². The highest BCUT2D eigenvalue weighted by Crippen LogP contribution is 2.30. The first-order valence-electron chi connectivity index (χ1n) is 10.5. The van der Waals surface area contributed by atoms with Gasteiger partial charge < -0.3 is 19.9 Å². The van der Waals surface area contributed by atoms with Crippen molar-refractivity contribution in [3.63, 3.8) is 0 Å². The van der Waals surface area contributed by atoms with Crippen LogP contribution in [0.25, 0.3) is 0 Å². The molecule has 1 saturated carbocycles. The standard InChI is InChI=1S/C22H31N3O3.ClH/c1-15-3-4-17(11-16(15)2)13-24-8-9-25(14-21(24)26)22(27)18-5-6-20-19(12-18)23-7-10-28-20;/h3-4,11,18-20,23H,5-10,12-14H2,1-2H3;1H/t18-,19+,20+;/m0./s1. The zero-order valence-corrected chi connectivity index (χ0v) is 18.2. The van der Waals surface area contributed by atoms with E-state index in [-0.39, 0.29) is 48.8 Å². The van der Waals surface area contributed by atoms with Gasteiger partial charge in [-0.25, -0.2) is 0 Å². The number of carbonyl (C=O) groups is 2.